The highest BCUT2D eigenvalue weighted by molar-refractivity contribution is 9.10. The van der Waals surface area contributed by atoms with E-state index in [1.54, 1.807) is 0 Å². The first-order valence-corrected chi connectivity index (χ1v) is 7.84. The van der Waals surface area contributed by atoms with E-state index in [9.17, 15) is 0 Å². The van der Waals surface area contributed by atoms with Crippen LogP contribution in [0.5, 0.6) is 0 Å². The van der Waals surface area contributed by atoms with Crippen molar-refractivity contribution in [1.82, 2.24) is 5.43 Å². The Balaban J connectivity index is 2.56. The Kier molecular flexibility index (Phi) is 7.19. The van der Waals surface area contributed by atoms with Crippen molar-refractivity contribution in [1.29, 1.82) is 0 Å². The van der Waals surface area contributed by atoms with Gasteiger partial charge in [-0.25, -0.2) is 0 Å². The molecule has 17 heavy (non-hydrogen) atoms. The van der Waals surface area contributed by atoms with E-state index in [0.29, 0.717) is 12.0 Å². The lowest BCUT2D eigenvalue weighted by Gasteiger charge is -2.24. The quantitative estimate of drug-likeness (QED) is 0.456. The second-order valence-electron chi connectivity index (χ2n) is 4.09. The second kappa shape index (κ2) is 8.14. The second-order valence-corrected chi connectivity index (χ2v) is 6.01. The third kappa shape index (κ3) is 4.62. The first-order chi connectivity index (χ1) is 8.22. The third-order valence-electron chi connectivity index (χ3n) is 3.09. The van der Waals surface area contributed by atoms with Crippen LogP contribution in [0.1, 0.15) is 26.7 Å². The summed E-state index contributed by atoms with van der Waals surface area (Å²) in [4.78, 5) is 1.28. The fourth-order valence-corrected chi connectivity index (χ4v) is 3.66. The van der Waals surface area contributed by atoms with Crippen LogP contribution in [0.15, 0.2) is 33.6 Å². The summed E-state index contributed by atoms with van der Waals surface area (Å²) in [5.74, 6) is 7.31. The lowest BCUT2D eigenvalue weighted by atomic mass is 9.96. The van der Waals surface area contributed by atoms with Gasteiger partial charge in [0.1, 0.15) is 0 Å². The zero-order valence-electron chi connectivity index (χ0n) is 10.4. The molecule has 0 saturated heterocycles. The van der Waals surface area contributed by atoms with E-state index in [-0.39, 0.29) is 0 Å². The fourth-order valence-electron chi connectivity index (χ4n) is 1.92. The molecule has 96 valence electrons. The van der Waals surface area contributed by atoms with Gasteiger partial charge in [-0.2, -0.15) is 0 Å². The molecule has 0 bridgehead atoms. The summed E-state index contributed by atoms with van der Waals surface area (Å²) in [5, 5.41) is 0. The lowest BCUT2D eigenvalue weighted by molar-refractivity contribution is 0.364. The average molecular weight is 317 g/mol. The number of hydrogen-bond acceptors (Lipinski definition) is 3. The summed E-state index contributed by atoms with van der Waals surface area (Å²) in [6.07, 6.45) is 2.34. The Bertz CT molecular complexity index is 329. The topological polar surface area (TPSA) is 38.0 Å². The van der Waals surface area contributed by atoms with Crippen molar-refractivity contribution in [3.05, 3.63) is 28.7 Å². The van der Waals surface area contributed by atoms with Crippen LogP contribution in [0.2, 0.25) is 0 Å². The monoisotopic (exact) mass is 316 g/mol. The van der Waals surface area contributed by atoms with Crippen LogP contribution in [-0.2, 0) is 0 Å². The highest BCUT2D eigenvalue weighted by atomic mass is 79.9. The van der Waals surface area contributed by atoms with Crippen LogP contribution in [0.3, 0.4) is 0 Å². The average Bonchev–Trinajstić information content (AvgIpc) is 2.36. The van der Waals surface area contributed by atoms with E-state index in [1.165, 1.54) is 17.7 Å². The van der Waals surface area contributed by atoms with E-state index >= 15 is 0 Å². The molecule has 3 N–H and O–H groups in total. The van der Waals surface area contributed by atoms with Gasteiger partial charge in [0.05, 0.1) is 0 Å². The van der Waals surface area contributed by atoms with Crippen molar-refractivity contribution in [3.63, 3.8) is 0 Å². The number of benzene rings is 1. The van der Waals surface area contributed by atoms with Gasteiger partial charge in [-0.1, -0.05) is 38.8 Å². The maximum Gasteiger partial charge on any atom is 0.0332 e. The molecule has 0 saturated carbocycles. The van der Waals surface area contributed by atoms with Crippen LogP contribution < -0.4 is 11.3 Å². The summed E-state index contributed by atoms with van der Waals surface area (Å²) < 4.78 is 1.16. The Morgan fingerprint density at radius 3 is 2.47 bits per heavy atom. The van der Waals surface area contributed by atoms with Crippen molar-refractivity contribution in [2.24, 2.45) is 11.8 Å². The third-order valence-corrected chi connectivity index (χ3v) is 5.23. The molecular formula is C13H21BrN2S. The molecule has 1 rings (SSSR count). The smallest absolute Gasteiger partial charge is 0.0332 e. The molecule has 1 aromatic carbocycles. The molecule has 0 amide bonds. The number of halogens is 1. The molecule has 1 atom stereocenters. The lowest BCUT2D eigenvalue weighted by Crippen LogP contribution is -2.42. The molecule has 0 heterocycles. The number of rotatable bonds is 7. The number of hydrazine groups is 1. The minimum absolute atomic E-state index is 0.377. The molecule has 2 nitrogen and oxygen atoms in total. The predicted octanol–water partition coefficient (Wildman–Crippen LogP) is 3.81. The molecule has 0 aliphatic rings. The Hall–Kier alpha value is -0.0300. The van der Waals surface area contributed by atoms with Crippen molar-refractivity contribution in [2.45, 2.75) is 37.6 Å². The molecule has 1 aromatic rings. The van der Waals surface area contributed by atoms with E-state index in [0.717, 1.165) is 10.2 Å². The highest BCUT2D eigenvalue weighted by Crippen LogP contribution is 2.29. The van der Waals surface area contributed by atoms with E-state index < -0.39 is 0 Å². The summed E-state index contributed by atoms with van der Waals surface area (Å²) >= 11 is 5.42. The molecular weight excluding hydrogens is 296 g/mol. The molecule has 0 aromatic heterocycles. The maximum absolute atomic E-state index is 5.65. The van der Waals surface area contributed by atoms with Gasteiger partial charge < -0.3 is 0 Å². The van der Waals surface area contributed by atoms with Crippen LogP contribution >= 0.6 is 27.7 Å². The van der Waals surface area contributed by atoms with Crippen LogP contribution in [0.25, 0.3) is 0 Å². The van der Waals surface area contributed by atoms with Crippen molar-refractivity contribution in [3.8, 4) is 0 Å². The van der Waals surface area contributed by atoms with Gasteiger partial charge in [0.2, 0.25) is 0 Å². The number of nitrogens with one attached hydrogen (secondary N) is 1. The Morgan fingerprint density at radius 1 is 1.29 bits per heavy atom. The minimum atomic E-state index is 0.377. The van der Waals surface area contributed by atoms with Gasteiger partial charge in [0.15, 0.2) is 0 Å². The summed E-state index contributed by atoms with van der Waals surface area (Å²) in [7, 11) is 0. The van der Waals surface area contributed by atoms with Crippen molar-refractivity contribution in [2.75, 3.05) is 5.75 Å². The van der Waals surface area contributed by atoms with Crippen LogP contribution in [0.4, 0.5) is 0 Å². The molecule has 4 heteroatoms. The van der Waals surface area contributed by atoms with E-state index in [2.05, 4.69) is 53.4 Å². The SMILES string of the molecule is CCC(CC)C(CSc1ccccc1Br)NN. The number of thioether (sulfide) groups is 1. The summed E-state index contributed by atoms with van der Waals surface area (Å²) in [5.41, 5.74) is 2.96. The number of nitrogens with two attached hydrogens (primary N) is 1. The largest absolute Gasteiger partial charge is 0.271 e. The predicted molar refractivity (Wildman–Crippen MR) is 80.0 cm³/mol. The molecule has 0 radical (unpaired) electrons. The molecule has 0 aliphatic heterocycles. The Labute approximate surface area is 117 Å². The summed E-state index contributed by atoms with van der Waals surface area (Å²) in [6.45, 7) is 4.45. The Morgan fingerprint density at radius 2 is 1.94 bits per heavy atom. The molecule has 1 unspecified atom stereocenters. The van der Waals surface area contributed by atoms with Crippen LogP contribution in [0, 0.1) is 5.92 Å². The molecule has 0 spiro atoms. The van der Waals surface area contributed by atoms with Gasteiger partial charge in [-0.05, 0) is 34.0 Å². The van der Waals surface area contributed by atoms with E-state index in [1.807, 2.05) is 17.8 Å². The van der Waals surface area contributed by atoms with Crippen molar-refractivity contribution < 1.29 is 0 Å². The van der Waals surface area contributed by atoms with Gasteiger partial charge in [0.25, 0.3) is 0 Å². The minimum Gasteiger partial charge on any atom is -0.271 e. The van der Waals surface area contributed by atoms with Gasteiger partial charge >= 0.3 is 0 Å². The zero-order valence-corrected chi connectivity index (χ0v) is 12.9. The first kappa shape index (κ1) is 15.0. The normalized spacial score (nSPS) is 13.0. The number of hydrogen-bond donors (Lipinski definition) is 2. The van der Waals surface area contributed by atoms with Gasteiger partial charge in [-0.3, -0.25) is 11.3 Å². The van der Waals surface area contributed by atoms with Gasteiger partial charge in [0, 0.05) is 21.2 Å². The highest BCUT2D eigenvalue weighted by Gasteiger charge is 2.17. The van der Waals surface area contributed by atoms with Crippen molar-refractivity contribution >= 4 is 27.7 Å². The molecule has 0 aliphatic carbocycles. The zero-order chi connectivity index (χ0) is 12.7. The van der Waals surface area contributed by atoms with E-state index in [4.69, 9.17) is 5.84 Å². The fraction of sp³-hybridized carbons (Fsp3) is 0.538. The molecule has 0 fully saturated rings. The van der Waals surface area contributed by atoms with Crippen LogP contribution in [-0.4, -0.2) is 11.8 Å². The van der Waals surface area contributed by atoms with Gasteiger partial charge in [-0.15, -0.1) is 11.8 Å². The summed E-state index contributed by atoms with van der Waals surface area (Å²) in [6, 6.07) is 8.68. The first-order valence-electron chi connectivity index (χ1n) is 6.06. The maximum atomic E-state index is 5.65. The standard InChI is InChI=1S/C13H21BrN2S/c1-3-10(4-2)12(16-15)9-17-13-8-6-5-7-11(13)14/h5-8,10,12,16H,3-4,9,15H2,1-2H3.